The quantitative estimate of drug-likeness (QED) is 0.906. The monoisotopic (exact) mass is 289 g/mol. The predicted octanol–water partition coefficient (Wildman–Crippen LogP) is 3.41. The summed E-state index contributed by atoms with van der Waals surface area (Å²) in [4.78, 5) is 15.8. The number of anilines is 1. The van der Waals surface area contributed by atoms with Crippen molar-refractivity contribution in [3.63, 3.8) is 0 Å². The van der Waals surface area contributed by atoms with Crippen LogP contribution in [0.4, 0.5) is 10.6 Å². The minimum Gasteiger partial charge on any atom is -0.337 e. The highest BCUT2D eigenvalue weighted by Gasteiger charge is 2.03. The minimum atomic E-state index is -0.270. The zero-order chi connectivity index (χ0) is 14.4. The fourth-order valence-electron chi connectivity index (χ4n) is 1.71. The lowest BCUT2D eigenvalue weighted by molar-refractivity contribution is 0.252. The van der Waals surface area contributed by atoms with E-state index in [1.54, 1.807) is 12.3 Å². The van der Waals surface area contributed by atoms with Gasteiger partial charge in [-0.25, -0.2) is 9.78 Å². The lowest BCUT2D eigenvalue weighted by atomic mass is 10.1. The number of aromatic nitrogens is 1. The summed E-state index contributed by atoms with van der Waals surface area (Å²) in [6.45, 7) is 2.46. The van der Waals surface area contributed by atoms with Crippen LogP contribution in [0.2, 0.25) is 5.02 Å². The smallest absolute Gasteiger partial charge is 0.320 e. The van der Waals surface area contributed by atoms with E-state index in [9.17, 15) is 4.79 Å². The molecule has 0 saturated carbocycles. The standard InChI is InChI=1S/C15H16ClN3O/c1-11-6-7-14(18-10-11)19-15(20)17-9-8-12-4-2-3-5-13(12)16/h2-7,10H,8-9H2,1H3,(H2,17,18,19,20). The van der Waals surface area contributed by atoms with E-state index in [0.717, 1.165) is 16.1 Å². The average Bonchev–Trinajstić information content (AvgIpc) is 2.43. The van der Waals surface area contributed by atoms with E-state index in [1.807, 2.05) is 37.3 Å². The van der Waals surface area contributed by atoms with Crippen LogP contribution in [0.25, 0.3) is 0 Å². The minimum absolute atomic E-state index is 0.270. The molecule has 2 rings (SSSR count). The highest BCUT2D eigenvalue weighted by Crippen LogP contribution is 2.14. The van der Waals surface area contributed by atoms with Crippen molar-refractivity contribution >= 4 is 23.4 Å². The number of aryl methyl sites for hydroxylation is 1. The molecule has 0 aliphatic rings. The van der Waals surface area contributed by atoms with Gasteiger partial charge >= 0.3 is 6.03 Å². The Kier molecular flexibility index (Phi) is 4.96. The normalized spacial score (nSPS) is 10.1. The molecule has 1 aromatic heterocycles. The number of benzene rings is 1. The largest absolute Gasteiger partial charge is 0.337 e. The van der Waals surface area contributed by atoms with E-state index >= 15 is 0 Å². The van der Waals surface area contributed by atoms with Gasteiger partial charge in [-0.05, 0) is 36.6 Å². The van der Waals surface area contributed by atoms with Crippen LogP contribution >= 0.6 is 11.6 Å². The van der Waals surface area contributed by atoms with Crippen LogP contribution in [-0.4, -0.2) is 17.6 Å². The van der Waals surface area contributed by atoms with Crippen LogP contribution in [-0.2, 0) is 6.42 Å². The van der Waals surface area contributed by atoms with Gasteiger partial charge in [0.15, 0.2) is 0 Å². The number of nitrogens with zero attached hydrogens (tertiary/aromatic N) is 1. The number of pyridine rings is 1. The van der Waals surface area contributed by atoms with Gasteiger partial charge in [-0.1, -0.05) is 35.9 Å². The molecule has 4 nitrogen and oxygen atoms in total. The first kappa shape index (κ1) is 14.3. The third-order valence-corrected chi connectivity index (χ3v) is 3.16. The Balaban J connectivity index is 1.78. The molecule has 0 saturated heterocycles. The van der Waals surface area contributed by atoms with E-state index < -0.39 is 0 Å². The van der Waals surface area contributed by atoms with Gasteiger partial charge in [0.2, 0.25) is 0 Å². The number of hydrogen-bond donors (Lipinski definition) is 2. The molecular weight excluding hydrogens is 274 g/mol. The fourth-order valence-corrected chi connectivity index (χ4v) is 1.94. The summed E-state index contributed by atoms with van der Waals surface area (Å²) in [6, 6.07) is 11.0. The number of amides is 2. The van der Waals surface area contributed by atoms with Gasteiger partial charge in [-0.2, -0.15) is 0 Å². The Morgan fingerprint density at radius 3 is 2.75 bits per heavy atom. The first-order valence-corrected chi connectivity index (χ1v) is 6.74. The maximum atomic E-state index is 11.7. The lowest BCUT2D eigenvalue weighted by Gasteiger charge is -2.08. The number of carbonyl (C=O) groups is 1. The van der Waals surface area contributed by atoms with Crippen LogP contribution in [0.5, 0.6) is 0 Å². The first-order valence-electron chi connectivity index (χ1n) is 6.36. The Morgan fingerprint density at radius 1 is 1.25 bits per heavy atom. The van der Waals surface area contributed by atoms with Crippen molar-refractivity contribution in [1.82, 2.24) is 10.3 Å². The second-order valence-electron chi connectivity index (χ2n) is 4.44. The number of urea groups is 1. The summed E-state index contributed by atoms with van der Waals surface area (Å²) in [7, 11) is 0. The Hall–Kier alpha value is -2.07. The second-order valence-corrected chi connectivity index (χ2v) is 4.85. The maximum absolute atomic E-state index is 11.7. The Morgan fingerprint density at radius 2 is 2.05 bits per heavy atom. The topological polar surface area (TPSA) is 54.0 Å². The van der Waals surface area contributed by atoms with Crippen LogP contribution in [0, 0.1) is 6.92 Å². The molecule has 0 spiro atoms. The molecule has 0 radical (unpaired) electrons. The second kappa shape index (κ2) is 6.91. The van der Waals surface area contributed by atoms with Crippen molar-refractivity contribution in [2.45, 2.75) is 13.3 Å². The van der Waals surface area contributed by atoms with Crippen molar-refractivity contribution in [1.29, 1.82) is 0 Å². The molecule has 2 aromatic rings. The molecule has 0 unspecified atom stereocenters. The number of halogens is 1. The number of hydrogen-bond acceptors (Lipinski definition) is 2. The third-order valence-electron chi connectivity index (χ3n) is 2.79. The fraction of sp³-hybridized carbons (Fsp3) is 0.200. The molecule has 0 fully saturated rings. The number of rotatable bonds is 4. The molecule has 104 valence electrons. The van der Waals surface area contributed by atoms with Crippen LogP contribution in [0.1, 0.15) is 11.1 Å². The van der Waals surface area contributed by atoms with E-state index in [4.69, 9.17) is 11.6 Å². The Bertz CT molecular complexity index is 584. The molecule has 0 atom stereocenters. The zero-order valence-corrected chi connectivity index (χ0v) is 11.9. The van der Waals surface area contributed by atoms with Crippen LogP contribution in [0.3, 0.4) is 0 Å². The van der Waals surface area contributed by atoms with E-state index in [0.29, 0.717) is 18.8 Å². The van der Waals surface area contributed by atoms with E-state index in [1.165, 1.54) is 0 Å². The summed E-state index contributed by atoms with van der Waals surface area (Å²) < 4.78 is 0. The Labute approximate surface area is 123 Å². The molecule has 0 bridgehead atoms. The number of nitrogens with one attached hydrogen (secondary N) is 2. The molecular formula is C15H16ClN3O. The van der Waals surface area contributed by atoms with Gasteiger partial charge in [-0.3, -0.25) is 5.32 Å². The highest BCUT2D eigenvalue weighted by atomic mass is 35.5. The molecule has 0 aliphatic carbocycles. The summed E-state index contributed by atoms with van der Waals surface area (Å²) in [5.74, 6) is 0.533. The SMILES string of the molecule is Cc1ccc(NC(=O)NCCc2ccccc2Cl)nc1. The van der Waals surface area contributed by atoms with Crippen LogP contribution < -0.4 is 10.6 Å². The van der Waals surface area contributed by atoms with Crippen molar-refractivity contribution in [2.24, 2.45) is 0 Å². The highest BCUT2D eigenvalue weighted by molar-refractivity contribution is 6.31. The van der Waals surface area contributed by atoms with Gasteiger partial charge in [-0.15, -0.1) is 0 Å². The molecule has 2 N–H and O–H groups in total. The average molecular weight is 290 g/mol. The molecule has 5 heteroatoms. The summed E-state index contributed by atoms with van der Waals surface area (Å²) in [5, 5.41) is 6.17. The van der Waals surface area contributed by atoms with Gasteiger partial charge < -0.3 is 5.32 Å². The predicted molar refractivity (Wildman–Crippen MR) is 81.2 cm³/mol. The molecule has 2 amide bonds. The molecule has 20 heavy (non-hydrogen) atoms. The van der Waals surface area contributed by atoms with Crippen molar-refractivity contribution in [3.8, 4) is 0 Å². The third kappa shape index (κ3) is 4.24. The van der Waals surface area contributed by atoms with Gasteiger partial charge in [0.25, 0.3) is 0 Å². The molecule has 1 heterocycles. The van der Waals surface area contributed by atoms with Crippen molar-refractivity contribution in [2.75, 3.05) is 11.9 Å². The summed E-state index contributed by atoms with van der Waals surface area (Å²) in [6.07, 6.45) is 2.40. The number of carbonyl (C=O) groups excluding carboxylic acids is 1. The zero-order valence-electron chi connectivity index (χ0n) is 11.2. The van der Waals surface area contributed by atoms with Crippen LogP contribution in [0.15, 0.2) is 42.6 Å². The van der Waals surface area contributed by atoms with Gasteiger partial charge in [0.05, 0.1) is 0 Å². The summed E-state index contributed by atoms with van der Waals surface area (Å²) >= 11 is 6.05. The van der Waals surface area contributed by atoms with Gasteiger partial charge in [0, 0.05) is 17.8 Å². The van der Waals surface area contributed by atoms with Gasteiger partial charge in [0.1, 0.15) is 5.82 Å². The van der Waals surface area contributed by atoms with Crippen molar-refractivity contribution in [3.05, 3.63) is 58.7 Å². The lowest BCUT2D eigenvalue weighted by Crippen LogP contribution is -2.30. The van der Waals surface area contributed by atoms with Crippen molar-refractivity contribution < 1.29 is 4.79 Å². The molecule has 1 aromatic carbocycles. The van der Waals surface area contributed by atoms with E-state index in [2.05, 4.69) is 15.6 Å². The van der Waals surface area contributed by atoms with E-state index in [-0.39, 0.29) is 6.03 Å². The molecule has 0 aliphatic heterocycles. The first-order chi connectivity index (χ1) is 9.65. The summed E-state index contributed by atoms with van der Waals surface area (Å²) in [5.41, 5.74) is 2.07. The maximum Gasteiger partial charge on any atom is 0.320 e.